The van der Waals surface area contributed by atoms with Gasteiger partial charge < -0.3 is 5.32 Å². The lowest BCUT2D eigenvalue weighted by atomic mass is 10.1. The van der Waals surface area contributed by atoms with Crippen LogP contribution in [0.4, 0.5) is 5.69 Å². The molecule has 0 bridgehead atoms. The number of nitro groups is 1. The molecule has 0 unspecified atom stereocenters. The number of benzene rings is 1. The van der Waals surface area contributed by atoms with E-state index in [0.29, 0.717) is 6.54 Å². The Labute approximate surface area is 116 Å². The second kappa shape index (κ2) is 6.02. The molecule has 0 heterocycles. The normalized spacial score (nSPS) is 14.2. The van der Waals surface area contributed by atoms with Gasteiger partial charge in [0.05, 0.1) is 4.92 Å². The van der Waals surface area contributed by atoms with Gasteiger partial charge in [-0.25, -0.2) is 0 Å². The van der Waals surface area contributed by atoms with E-state index in [9.17, 15) is 14.9 Å². The van der Waals surface area contributed by atoms with Crippen molar-refractivity contribution >= 4 is 23.2 Å². The highest BCUT2D eigenvalue weighted by atomic mass is 35.5. The number of para-hydroxylation sites is 1. The Morgan fingerprint density at radius 2 is 2.21 bits per heavy atom. The summed E-state index contributed by atoms with van der Waals surface area (Å²) in [5.41, 5.74) is -0.312. The smallest absolute Gasteiger partial charge is 0.300 e. The number of carbonyl (C=O) groups excluding carboxylic acids is 1. The van der Waals surface area contributed by atoms with Crippen molar-refractivity contribution in [1.29, 1.82) is 0 Å². The molecule has 0 spiro atoms. The Morgan fingerprint density at radius 3 is 2.84 bits per heavy atom. The molecule has 1 aromatic carbocycles. The molecule has 0 radical (unpaired) electrons. The van der Waals surface area contributed by atoms with Gasteiger partial charge in [0.2, 0.25) is 0 Å². The van der Waals surface area contributed by atoms with Crippen LogP contribution >= 0.6 is 11.6 Å². The second-order valence-corrected chi connectivity index (χ2v) is 5.14. The average Bonchev–Trinajstić information content (AvgIpc) is 3.17. The van der Waals surface area contributed by atoms with Crippen LogP contribution < -0.4 is 5.32 Å². The second-order valence-electron chi connectivity index (χ2n) is 4.73. The Bertz CT molecular complexity index is 501. The molecular weight excluding hydrogens is 268 g/mol. The number of carbonyl (C=O) groups is 1. The van der Waals surface area contributed by atoms with Gasteiger partial charge in [-0.2, -0.15) is 0 Å². The fraction of sp³-hybridized carbons (Fsp3) is 0.462. The number of hydrogen-bond donors (Lipinski definition) is 1. The molecule has 2 rings (SSSR count). The van der Waals surface area contributed by atoms with E-state index in [1.165, 1.54) is 31.0 Å². The molecule has 19 heavy (non-hydrogen) atoms. The lowest BCUT2D eigenvalue weighted by Gasteiger charge is -2.06. The minimum atomic E-state index is -0.624. The summed E-state index contributed by atoms with van der Waals surface area (Å²) < 4.78 is 0. The van der Waals surface area contributed by atoms with Crippen LogP contribution in [0.2, 0.25) is 5.02 Å². The fourth-order valence-corrected chi connectivity index (χ4v) is 2.22. The third-order valence-corrected chi connectivity index (χ3v) is 3.49. The number of hydrogen-bond acceptors (Lipinski definition) is 3. The van der Waals surface area contributed by atoms with Gasteiger partial charge in [-0.1, -0.05) is 30.5 Å². The SMILES string of the molecule is O=C(NCCCC1CC1)c1cccc(Cl)c1[N+](=O)[O-]. The van der Waals surface area contributed by atoms with Gasteiger partial charge in [-0.05, 0) is 30.9 Å². The maximum Gasteiger partial charge on any atom is 0.300 e. The predicted molar refractivity (Wildman–Crippen MR) is 72.4 cm³/mol. The van der Waals surface area contributed by atoms with Gasteiger partial charge >= 0.3 is 5.69 Å². The van der Waals surface area contributed by atoms with Crippen molar-refractivity contribution < 1.29 is 9.72 Å². The first kappa shape index (κ1) is 13.8. The Kier molecular flexibility index (Phi) is 4.37. The summed E-state index contributed by atoms with van der Waals surface area (Å²) in [6, 6.07) is 4.36. The number of nitrogens with zero attached hydrogens (tertiary/aromatic N) is 1. The van der Waals surface area contributed by atoms with E-state index in [-0.39, 0.29) is 16.3 Å². The first-order valence-electron chi connectivity index (χ1n) is 6.30. The van der Waals surface area contributed by atoms with Gasteiger partial charge in [0.1, 0.15) is 10.6 Å². The molecule has 1 aliphatic rings. The van der Waals surface area contributed by atoms with Crippen molar-refractivity contribution in [3.05, 3.63) is 38.9 Å². The van der Waals surface area contributed by atoms with E-state index in [4.69, 9.17) is 11.6 Å². The number of nitro benzene ring substituents is 1. The van der Waals surface area contributed by atoms with Gasteiger partial charge in [0.15, 0.2) is 0 Å². The Morgan fingerprint density at radius 1 is 1.47 bits per heavy atom. The van der Waals surface area contributed by atoms with E-state index in [2.05, 4.69) is 5.32 Å². The van der Waals surface area contributed by atoms with E-state index in [1.807, 2.05) is 0 Å². The standard InChI is InChI=1S/C13H15ClN2O3/c14-11-5-1-4-10(12(11)16(18)19)13(17)15-8-2-3-9-6-7-9/h1,4-5,9H,2-3,6-8H2,(H,15,17). The van der Waals surface area contributed by atoms with Crippen LogP contribution in [0.3, 0.4) is 0 Å². The van der Waals surface area contributed by atoms with Crippen LogP contribution in [-0.2, 0) is 0 Å². The third-order valence-electron chi connectivity index (χ3n) is 3.19. The van der Waals surface area contributed by atoms with Crippen molar-refractivity contribution in [3.8, 4) is 0 Å². The van der Waals surface area contributed by atoms with E-state index >= 15 is 0 Å². The predicted octanol–water partition coefficient (Wildman–Crippen LogP) is 3.17. The molecule has 0 aromatic heterocycles. The number of rotatable bonds is 6. The minimum absolute atomic E-state index is 0.0175. The van der Waals surface area contributed by atoms with Gasteiger partial charge in [-0.15, -0.1) is 0 Å². The van der Waals surface area contributed by atoms with Crippen LogP contribution in [0, 0.1) is 16.0 Å². The lowest BCUT2D eigenvalue weighted by Crippen LogP contribution is -2.25. The van der Waals surface area contributed by atoms with Gasteiger partial charge in [0, 0.05) is 6.54 Å². The summed E-state index contributed by atoms with van der Waals surface area (Å²) in [4.78, 5) is 22.2. The molecule has 1 amide bonds. The van der Waals surface area contributed by atoms with Crippen molar-refractivity contribution in [3.63, 3.8) is 0 Å². The number of halogens is 1. The number of amides is 1. The van der Waals surface area contributed by atoms with Crippen molar-refractivity contribution in [2.24, 2.45) is 5.92 Å². The van der Waals surface area contributed by atoms with E-state index < -0.39 is 10.8 Å². The Balaban J connectivity index is 1.97. The molecule has 102 valence electrons. The highest BCUT2D eigenvalue weighted by molar-refractivity contribution is 6.33. The average molecular weight is 283 g/mol. The molecule has 0 aliphatic heterocycles. The van der Waals surface area contributed by atoms with E-state index in [0.717, 1.165) is 18.8 Å². The largest absolute Gasteiger partial charge is 0.352 e. The van der Waals surface area contributed by atoms with Crippen LogP contribution in [0.15, 0.2) is 18.2 Å². The molecule has 1 aromatic rings. The first-order chi connectivity index (χ1) is 9.09. The van der Waals surface area contributed by atoms with Crippen molar-refractivity contribution in [2.75, 3.05) is 6.54 Å². The first-order valence-corrected chi connectivity index (χ1v) is 6.68. The Hall–Kier alpha value is -1.62. The third kappa shape index (κ3) is 3.67. The summed E-state index contributed by atoms with van der Waals surface area (Å²) in [6.07, 6.45) is 4.59. The zero-order valence-electron chi connectivity index (χ0n) is 10.4. The van der Waals surface area contributed by atoms with Crippen LogP contribution in [-0.4, -0.2) is 17.4 Å². The molecule has 1 fully saturated rings. The highest BCUT2D eigenvalue weighted by Crippen LogP contribution is 2.33. The monoisotopic (exact) mass is 282 g/mol. The van der Waals surface area contributed by atoms with Crippen molar-refractivity contribution in [2.45, 2.75) is 25.7 Å². The van der Waals surface area contributed by atoms with E-state index in [1.54, 1.807) is 0 Å². The van der Waals surface area contributed by atoms with Crippen molar-refractivity contribution in [1.82, 2.24) is 5.32 Å². The summed E-state index contributed by atoms with van der Waals surface area (Å²) in [5.74, 6) is 0.377. The molecule has 1 N–H and O–H groups in total. The fourth-order valence-electron chi connectivity index (χ4n) is 1.98. The summed E-state index contributed by atoms with van der Waals surface area (Å²) in [6.45, 7) is 0.541. The highest BCUT2D eigenvalue weighted by Gasteiger charge is 2.24. The summed E-state index contributed by atoms with van der Waals surface area (Å²) in [7, 11) is 0. The topological polar surface area (TPSA) is 72.2 Å². The quantitative estimate of drug-likeness (QED) is 0.495. The minimum Gasteiger partial charge on any atom is -0.352 e. The molecule has 0 saturated heterocycles. The maximum absolute atomic E-state index is 11.9. The van der Waals surface area contributed by atoms with Crippen LogP contribution in [0.25, 0.3) is 0 Å². The molecule has 1 saturated carbocycles. The molecular formula is C13H15ClN2O3. The van der Waals surface area contributed by atoms with Gasteiger partial charge in [-0.3, -0.25) is 14.9 Å². The molecule has 1 aliphatic carbocycles. The van der Waals surface area contributed by atoms with Crippen LogP contribution in [0.1, 0.15) is 36.0 Å². The summed E-state index contributed by atoms with van der Waals surface area (Å²) >= 11 is 5.76. The van der Waals surface area contributed by atoms with Crippen LogP contribution in [0.5, 0.6) is 0 Å². The van der Waals surface area contributed by atoms with Gasteiger partial charge in [0.25, 0.3) is 5.91 Å². The zero-order valence-corrected chi connectivity index (χ0v) is 11.2. The molecule has 5 nitrogen and oxygen atoms in total. The zero-order chi connectivity index (χ0) is 13.8. The lowest BCUT2D eigenvalue weighted by molar-refractivity contribution is -0.385. The molecule has 0 atom stereocenters. The molecule has 6 heteroatoms. The summed E-state index contributed by atoms with van der Waals surface area (Å²) in [5, 5.41) is 13.6. The number of nitrogens with one attached hydrogen (secondary N) is 1. The maximum atomic E-state index is 11.9.